The van der Waals surface area contributed by atoms with Crippen molar-refractivity contribution in [2.24, 2.45) is 0 Å². The average molecular weight is 523 g/mol. The smallest absolute Gasteiger partial charge is 0.226 e. The third kappa shape index (κ3) is 5.51. The standard InChI is InChI=1S/C21H30IN7O/c1-12(2)29-11-25-17-18(24-10-14-8-15(22)6-7-16(14)23)27-20(28-19(17)29)26-13(3)9-21(4,5)30/h6-8,11-13,30H,9-10,23H2,1-5H3,(H2,24,26,27,28). The van der Waals surface area contributed by atoms with Crippen LogP contribution >= 0.6 is 22.6 Å². The number of imidazole rings is 1. The molecule has 162 valence electrons. The first kappa shape index (κ1) is 22.5. The van der Waals surface area contributed by atoms with Crippen LogP contribution in [0.5, 0.6) is 0 Å². The van der Waals surface area contributed by atoms with E-state index in [1.165, 1.54) is 0 Å². The first-order chi connectivity index (χ1) is 14.0. The van der Waals surface area contributed by atoms with Gasteiger partial charge in [-0.25, -0.2) is 4.98 Å². The molecule has 0 aliphatic carbocycles. The first-order valence-electron chi connectivity index (χ1n) is 10.0. The van der Waals surface area contributed by atoms with Gasteiger partial charge in [-0.05, 0) is 87.4 Å². The highest BCUT2D eigenvalue weighted by Crippen LogP contribution is 2.25. The van der Waals surface area contributed by atoms with Crippen LogP contribution in [0.25, 0.3) is 11.2 Å². The minimum atomic E-state index is -0.778. The predicted molar refractivity (Wildman–Crippen MR) is 131 cm³/mol. The van der Waals surface area contributed by atoms with Crippen molar-refractivity contribution in [3.63, 3.8) is 0 Å². The summed E-state index contributed by atoms with van der Waals surface area (Å²) >= 11 is 2.28. The SMILES string of the molecule is CC(CC(C)(C)O)Nc1nc(NCc2cc(I)ccc2N)c2ncn(C(C)C)c2n1. The quantitative estimate of drug-likeness (QED) is 0.259. The van der Waals surface area contributed by atoms with Gasteiger partial charge in [-0.2, -0.15) is 9.97 Å². The van der Waals surface area contributed by atoms with Gasteiger partial charge < -0.3 is 26.0 Å². The molecule has 1 aromatic carbocycles. The Morgan fingerprint density at radius 3 is 2.63 bits per heavy atom. The summed E-state index contributed by atoms with van der Waals surface area (Å²) in [6.45, 7) is 10.3. The molecule has 0 amide bonds. The molecule has 3 aromatic rings. The number of rotatable bonds is 8. The third-order valence-corrected chi connectivity index (χ3v) is 5.38. The minimum absolute atomic E-state index is 0.00272. The Morgan fingerprint density at radius 1 is 1.23 bits per heavy atom. The number of nitrogens with zero attached hydrogens (tertiary/aromatic N) is 4. The van der Waals surface area contributed by atoms with Crippen molar-refractivity contribution in [3.05, 3.63) is 33.7 Å². The zero-order chi connectivity index (χ0) is 22.1. The van der Waals surface area contributed by atoms with Crippen LogP contribution in [0.2, 0.25) is 0 Å². The fraction of sp³-hybridized carbons (Fsp3) is 0.476. The summed E-state index contributed by atoms with van der Waals surface area (Å²) in [4.78, 5) is 13.9. The van der Waals surface area contributed by atoms with Gasteiger partial charge in [-0.15, -0.1) is 0 Å². The molecule has 2 aromatic heterocycles. The molecule has 1 unspecified atom stereocenters. The number of nitrogens with two attached hydrogens (primary N) is 1. The van der Waals surface area contributed by atoms with E-state index in [-0.39, 0.29) is 12.1 Å². The number of aliphatic hydroxyl groups is 1. The van der Waals surface area contributed by atoms with Crippen LogP contribution in [-0.2, 0) is 6.54 Å². The van der Waals surface area contributed by atoms with Gasteiger partial charge in [0.25, 0.3) is 0 Å². The van der Waals surface area contributed by atoms with Gasteiger partial charge in [0.15, 0.2) is 17.0 Å². The Hall–Kier alpha value is -2.14. The predicted octanol–water partition coefficient (Wildman–Crippen LogP) is 4.17. The zero-order valence-corrected chi connectivity index (χ0v) is 20.2. The van der Waals surface area contributed by atoms with Crippen molar-refractivity contribution < 1.29 is 5.11 Å². The molecular formula is C21H30IN7O. The number of anilines is 3. The minimum Gasteiger partial charge on any atom is -0.398 e. The number of aromatic nitrogens is 4. The monoisotopic (exact) mass is 523 g/mol. The summed E-state index contributed by atoms with van der Waals surface area (Å²) in [6, 6.07) is 6.16. The largest absolute Gasteiger partial charge is 0.398 e. The fourth-order valence-electron chi connectivity index (χ4n) is 3.41. The third-order valence-electron chi connectivity index (χ3n) is 4.71. The second-order valence-electron chi connectivity index (χ2n) is 8.57. The molecule has 0 aliphatic heterocycles. The van der Waals surface area contributed by atoms with Crippen molar-refractivity contribution in [2.45, 2.75) is 65.3 Å². The van der Waals surface area contributed by atoms with Crippen molar-refractivity contribution >= 4 is 51.2 Å². The Balaban J connectivity index is 1.94. The Bertz CT molecular complexity index is 1030. The summed E-state index contributed by atoms with van der Waals surface area (Å²) < 4.78 is 3.15. The Labute approximate surface area is 190 Å². The van der Waals surface area contributed by atoms with Crippen LogP contribution in [0.15, 0.2) is 24.5 Å². The van der Waals surface area contributed by atoms with Gasteiger partial charge >= 0.3 is 0 Å². The van der Waals surface area contributed by atoms with E-state index in [1.54, 1.807) is 20.2 Å². The van der Waals surface area contributed by atoms with Crippen LogP contribution in [0.3, 0.4) is 0 Å². The number of fused-ring (bicyclic) bond motifs is 1. The van der Waals surface area contributed by atoms with Crippen molar-refractivity contribution in [1.29, 1.82) is 0 Å². The molecule has 1 atom stereocenters. The van der Waals surface area contributed by atoms with Gasteiger partial charge in [-0.3, -0.25) is 0 Å². The number of nitrogens with one attached hydrogen (secondary N) is 2. The lowest BCUT2D eigenvalue weighted by Gasteiger charge is -2.23. The lowest BCUT2D eigenvalue weighted by molar-refractivity contribution is 0.0672. The van der Waals surface area contributed by atoms with Crippen LogP contribution in [0.1, 0.15) is 52.6 Å². The number of hydrogen-bond donors (Lipinski definition) is 4. The van der Waals surface area contributed by atoms with E-state index in [1.807, 2.05) is 23.6 Å². The van der Waals surface area contributed by atoms with Gasteiger partial charge in [0.1, 0.15) is 0 Å². The Kier molecular flexibility index (Phi) is 6.71. The molecule has 0 fully saturated rings. The maximum atomic E-state index is 10.1. The number of halogens is 1. The highest BCUT2D eigenvalue weighted by atomic mass is 127. The molecular weight excluding hydrogens is 493 g/mol. The maximum Gasteiger partial charge on any atom is 0.226 e. The van der Waals surface area contributed by atoms with Crippen LogP contribution in [0, 0.1) is 3.57 Å². The molecule has 0 bridgehead atoms. The van der Waals surface area contributed by atoms with Gasteiger partial charge in [0, 0.05) is 27.9 Å². The van der Waals surface area contributed by atoms with E-state index >= 15 is 0 Å². The second kappa shape index (κ2) is 8.93. The van der Waals surface area contributed by atoms with E-state index in [2.05, 4.69) is 63.1 Å². The van der Waals surface area contributed by atoms with Crippen LogP contribution < -0.4 is 16.4 Å². The zero-order valence-electron chi connectivity index (χ0n) is 18.1. The van der Waals surface area contributed by atoms with Gasteiger partial charge in [-0.1, -0.05) is 0 Å². The summed E-state index contributed by atoms with van der Waals surface area (Å²) in [7, 11) is 0. The molecule has 0 radical (unpaired) electrons. The lowest BCUT2D eigenvalue weighted by atomic mass is 10.0. The molecule has 2 heterocycles. The van der Waals surface area contributed by atoms with Crippen molar-refractivity contribution in [2.75, 3.05) is 16.4 Å². The topological polar surface area (TPSA) is 114 Å². The van der Waals surface area contributed by atoms with Crippen LogP contribution in [0.4, 0.5) is 17.5 Å². The highest BCUT2D eigenvalue weighted by molar-refractivity contribution is 14.1. The highest BCUT2D eigenvalue weighted by Gasteiger charge is 2.20. The Morgan fingerprint density at radius 2 is 1.97 bits per heavy atom. The molecule has 5 N–H and O–H groups in total. The molecule has 0 saturated heterocycles. The van der Waals surface area contributed by atoms with Crippen molar-refractivity contribution in [3.8, 4) is 0 Å². The van der Waals surface area contributed by atoms with E-state index < -0.39 is 5.60 Å². The van der Waals surface area contributed by atoms with E-state index in [0.29, 0.717) is 30.2 Å². The van der Waals surface area contributed by atoms with Gasteiger partial charge in [0.2, 0.25) is 5.95 Å². The number of benzene rings is 1. The summed E-state index contributed by atoms with van der Waals surface area (Å²) in [6.07, 6.45) is 2.36. The molecule has 0 spiro atoms. The molecule has 0 saturated carbocycles. The van der Waals surface area contributed by atoms with E-state index in [4.69, 9.17) is 10.7 Å². The lowest BCUT2D eigenvalue weighted by Crippen LogP contribution is -2.29. The van der Waals surface area contributed by atoms with Crippen molar-refractivity contribution in [1.82, 2.24) is 19.5 Å². The molecule has 3 rings (SSSR count). The number of hydrogen-bond acceptors (Lipinski definition) is 7. The van der Waals surface area contributed by atoms with E-state index in [0.717, 1.165) is 20.5 Å². The fourth-order valence-corrected chi connectivity index (χ4v) is 3.97. The second-order valence-corrected chi connectivity index (χ2v) is 9.82. The van der Waals surface area contributed by atoms with Crippen LogP contribution in [-0.4, -0.2) is 36.3 Å². The normalized spacial score (nSPS) is 13.1. The maximum absolute atomic E-state index is 10.1. The van der Waals surface area contributed by atoms with E-state index in [9.17, 15) is 5.11 Å². The first-order valence-corrected chi connectivity index (χ1v) is 11.1. The van der Waals surface area contributed by atoms with Gasteiger partial charge in [0.05, 0.1) is 11.9 Å². The average Bonchev–Trinajstić information content (AvgIpc) is 3.04. The molecule has 8 nitrogen and oxygen atoms in total. The summed E-state index contributed by atoms with van der Waals surface area (Å²) in [5.74, 6) is 1.15. The summed E-state index contributed by atoms with van der Waals surface area (Å²) in [5.41, 5.74) is 8.57. The molecule has 0 aliphatic rings. The summed E-state index contributed by atoms with van der Waals surface area (Å²) in [5, 5.41) is 16.8. The molecule has 9 heteroatoms. The molecule has 30 heavy (non-hydrogen) atoms. The number of nitrogen functional groups attached to an aromatic ring is 1.